The van der Waals surface area contributed by atoms with Crippen LogP contribution in [0.1, 0.15) is 12.0 Å². The number of aliphatic hydroxyl groups is 1. The third-order valence-electron chi connectivity index (χ3n) is 3.62. The van der Waals surface area contributed by atoms with Crippen LogP contribution >= 0.6 is 11.6 Å². The molecule has 0 bridgehead atoms. The quantitative estimate of drug-likeness (QED) is 0.834. The largest absolute Gasteiger partial charge is 0.359 e. The Balaban J connectivity index is 1.64. The Morgan fingerprint density at radius 2 is 2.08 bits per heavy atom. The van der Waals surface area contributed by atoms with E-state index in [0.29, 0.717) is 29.5 Å². The lowest BCUT2D eigenvalue weighted by Crippen LogP contribution is -2.41. The average molecular weight is 353 g/mol. The molecule has 1 atom stereocenters. The summed E-state index contributed by atoms with van der Waals surface area (Å²) in [6, 6.07) is 7.10. The number of halogens is 3. The molecule has 1 unspecified atom stereocenters. The molecular formula is C16H15ClF2N4O. The van der Waals surface area contributed by atoms with Gasteiger partial charge in [-0.15, -0.1) is 0 Å². The van der Waals surface area contributed by atoms with E-state index in [1.54, 1.807) is 23.2 Å². The highest BCUT2D eigenvalue weighted by atomic mass is 35.5. The van der Waals surface area contributed by atoms with E-state index in [1.807, 2.05) is 0 Å². The van der Waals surface area contributed by atoms with Crippen molar-refractivity contribution in [2.75, 3.05) is 11.9 Å². The number of hydrogen-bond donors (Lipinski definition) is 2. The van der Waals surface area contributed by atoms with Gasteiger partial charge in [-0.3, -0.25) is 4.90 Å². The summed E-state index contributed by atoms with van der Waals surface area (Å²) in [6.45, 7) is 0.796. The average Bonchev–Trinajstić information content (AvgIpc) is 2.56. The monoisotopic (exact) mass is 352 g/mol. The summed E-state index contributed by atoms with van der Waals surface area (Å²) in [5.41, 5.74) is 1.29. The third-order valence-corrected chi connectivity index (χ3v) is 3.84. The molecule has 0 aliphatic carbocycles. The third kappa shape index (κ3) is 4.05. The molecule has 1 aromatic carbocycles. The van der Waals surface area contributed by atoms with Gasteiger partial charge in [0.2, 0.25) is 6.35 Å². The van der Waals surface area contributed by atoms with Crippen molar-refractivity contribution in [2.45, 2.75) is 19.3 Å². The minimum atomic E-state index is -1.06. The highest BCUT2D eigenvalue weighted by molar-refractivity contribution is 6.29. The summed E-state index contributed by atoms with van der Waals surface area (Å²) in [6.07, 6.45) is 1.09. The Bertz CT molecular complexity index is 754. The molecule has 8 heteroatoms. The second-order valence-corrected chi connectivity index (χ2v) is 5.77. The second-order valence-electron chi connectivity index (χ2n) is 5.39. The molecule has 2 heterocycles. The Kier molecular flexibility index (Phi) is 5.03. The maximum absolute atomic E-state index is 13.3. The van der Waals surface area contributed by atoms with Crippen molar-refractivity contribution in [3.63, 3.8) is 0 Å². The number of amidine groups is 1. The van der Waals surface area contributed by atoms with E-state index in [-0.39, 0.29) is 6.54 Å². The minimum absolute atomic E-state index is 0.275. The standard InChI is InChI=1S/C16H15ClF2N4O/c17-14-4-2-11(8-20-14)21-15-5-6-23(16(24)22-15)9-10-1-3-12(18)13(19)7-10/h1-4,7-8,16,24H,5-6,9H2,(H,21,22). The number of hydrogen-bond acceptors (Lipinski definition) is 5. The zero-order chi connectivity index (χ0) is 17.1. The highest BCUT2D eigenvalue weighted by Gasteiger charge is 2.22. The van der Waals surface area contributed by atoms with E-state index >= 15 is 0 Å². The lowest BCUT2D eigenvalue weighted by Gasteiger charge is -2.30. The molecule has 24 heavy (non-hydrogen) atoms. The fraction of sp³-hybridized carbons (Fsp3) is 0.250. The van der Waals surface area contributed by atoms with E-state index in [1.165, 1.54) is 6.07 Å². The lowest BCUT2D eigenvalue weighted by atomic mass is 10.2. The number of benzene rings is 1. The number of nitrogens with zero attached hydrogens (tertiary/aromatic N) is 3. The number of pyridine rings is 1. The fourth-order valence-corrected chi connectivity index (χ4v) is 2.51. The summed E-state index contributed by atoms with van der Waals surface area (Å²) in [5.74, 6) is -1.17. The molecule has 0 fully saturated rings. The zero-order valence-electron chi connectivity index (χ0n) is 12.6. The Morgan fingerprint density at radius 3 is 2.75 bits per heavy atom. The van der Waals surface area contributed by atoms with Crippen LogP contribution in [0.15, 0.2) is 41.5 Å². The number of aromatic nitrogens is 1. The van der Waals surface area contributed by atoms with Crippen LogP contribution < -0.4 is 5.32 Å². The molecule has 0 saturated carbocycles. The van der Waals surface area contributed by atoms with Crippen molar-refractivity contribution in [1.82, 2.24) is 9.88 Å². The van der Waals surface area contributed by atoms with Gasteiger partial charge in [0, 0.05) is 19.5 Å². The number of nitrogens with one attached hydrogen (secondary N) is 1. The molecule has 126 valence electrons. The van der Waals surface area contributed by atoms with E-state index in [2.05, 4.69) is 15.3 Å². The number of aliphatic imine (C=N–C) groups is 1. The summed E-state index contributed by atoms with van der Waals surface area (Å²) >= 11 is 5.73. The number of anilines is 1. The number of rotatable bonds is 3. The Labute approximate surface area is 142 Å². The molecule has 2 aromatic rings. The highest BCUT2D eigenvalue weighted by Crippen LogP contribution is 2.17. The SMILES string of the molecule is OC1N=C(Nc2ccc(Cl)nc2)CCN1Cc1ccc(F)c(F)c1. The molecule has 0 amide bonds. The second kappa shape index (κ2) is 7.21. The van der Waals surface area contributed by atoms with Crippen molar-refractivity contribution < 1.29 is 13.9 Å². The predicted molar refractivity (Wildman–Crippen MR) is 87.7 cm³/mol. The molecule has 1 aliphatic heterocycles. The van der Waals surface area contributed by atoms with Crippen molar-refractivity contribution in [1.29, 1.82) is 0 Å². The summed E-state index contributed by atoms with van der Waals surface area (Å²) in [4.78, 5) is 9.80. The van der Waals surface area contributed by atoms with Gasteiger partial charge in [0.05, 0.1) is 11.9 Å². The van der Waals surface area contributed by atoms with Crippen molar-refractivity contribution in [3.05, 3.63) is 58.9 Å². The summed E-state index contributed by atoms with van der Waals surface area (Å²) in [7, 11) is 0. The van der Waals surface area contributed by atoms with E-state index in [0.717, 1.165) is 17.8 Å². The van der Waals surface area contributed by atoms with Crippen LogP contribution in [-0.4, -0.2) is 33.7 Å². The molecule has 2 N–H and O–H groups in total. The van der Waals surface area contributed by atoms with Crippen LogP contribution in [0.3, 0.4) is 0 Å². The molecule has 1 aromatic heterocycles. The Hall–Kier alpha value is -2.09. The first kappa shape index (κ1) is 16.8. The fourth-order valence-electron chi connectivity index (χ4n) is 2.39. The van der Waals surface area contributed by atoms with Crippen LogP contribution in [0.25, 0.3) is 0 Å². The van der Waals surface area contributed by atoms with Crippen LogP contribution in [0.2, 0.25) is 5.15 Å². The first-order chi connectivity index (χ1) is 11.5. The van der Waals surface area contributed by atoms with Gasteiger partial charge in [-0.05, 0) is 29.8 Å². The van der Waals surface area contributed by atoms with Crippen LogP contribution in [0.5, 0.6) is 0 Å². The zero-order valence-corrected chi connectivity index (χ0v) is 13.3. The van der Waals surface area contributed by atoms with Crippen molar-refractivity contribution in [2.24, 2.45) is 4.99 Å². The van der Waals surface area contributed by atoms with E-state index in [9.17, 15) is 13.9 Å². The normalized spacial score (nSPS) is 18.3. The lowest BCUT2D eigenvalue weighted by molar-refractivity contribution is 0.000719. The van der Waals surface area contributed by atoms with Crippen molar-refractivity contribution in [3.8, 4) is 0 Å². The van der Waals surface area contributed by atoms with Crippen LogP contribution in [-0.2, 0) is 6.54 Å². The first-order valence-electron chi connectivity index (χ1n) is 7.32. The Morgan fingerprint density at radius 1 is 1.25 bits per heavy atom. The van der Waals surface area contributed by atoms with Gasteiger partial charge in [-0.2, -0.15) is 0 Å². The minimum Gasteiger partial charge on any atom is -0.359 e. The van der Waals surface area contributed by atoms with Gasteiger partial charge >= 0.3 is 0 Å². The van der Waals surface area contributed by atoms with Gasteiger partial charge in [-0.1, -0.05) is 17.7 Å². The number of aliphatic hydroxyl groups excluding tert-OH is 1. The molecule has 0 radical (unpaired) electrons. The van der Waals surface area contributed by atoms with Gasteiger partial charge < -0.3 is 10.4 Å². The van der Waals surface area contributed by atoms with Crippen LogP contribution in [0, 0.1) is 11.6 Å². The van der Waals surface area contributed by atoms with Crippen LogP contribution in [0.4, 0.5) is 14.5 Å². The van der Waals surface area contributed by atoms with Gasteiger partial charge in [-0.25, -0.2) is 18.8 Å². The maximum Gasteiger partial charge on any atom is 0.206 e. The maximum atomic E-state index is 13.3. The molecule has 0 saturated heterocycles. The topological polar surface area (TPSA) is 60.8 Å². The van der Waals surface area contributed by atoms with Gasteiger partial charge in [0.25, 0.3) is 0 Å². The summed E-state index contributed by atoms with van der Waals surface area (Å²) < 4.78 is 26.2. The first-order valence-corrected chi connectivity index (χ1v) is 7.70. The molecule has 3 rings (SSSR count). The molecule has 1 aliphatic rings. The smallest absolute Gasteiger partial charge is 0.206 e. The van der Waals surface area contributed by atoms with Crippen molar-refractivity contribution >= 4 is 23.1 Å². The van der Waals surface area contributed by atoms with Gasteiger partial charge in [0.15, 0.2) is 11.6 Å². The molecule has 5 nitrogen and oxygen atoms in total. The van der Waals surface area contributed by atoms with Gasteiger partial charge in [0.1, 0.15) is 11.0 Å². The summed E-state index contributed by atoms with van der Waals surface area (Å²) in [5, 5.41) is 13.6. The molecule has 0 spiro atoms. The predicted octanol–water partition coefficient (Wildman–Crippen LogP) is 3.01. The van der Waals surface area contributed by atoms with E-state index in [4.69, 9.17) is 11.6 Å². The van der Waals surface area contributed by atoms with E-state index < -0.39 is 18.0 Å². The molecular weight excluding hydrogens is 338 g/mol.